The van der Waals surface area contributed by atoms with Crippen molar-refractivity contribution in [3.8, 4) is 0 Å². The number of halogens is 1. The Morgan fingerprint density at radius 3 is 2.92 bits per heavy atom. The Balaban J connectivity index is 2.41. The highest BCUT2D eigenvalue weighted by Gasteiger charge is 2.27. The van der Waals surface area contributed by atoms with E-state index in [2.05, 4.69) is 0 Å². The van der Waals surface area contributed by atoms with Crippen LogP contribution in [0.4, 0.5) is 0 Å². The molecule has 3 nitrogen and oxygen atoms in total. The molecule has 0 radical (unpaired) electrons. The van der Waals surface area contributed by atoms with E-state index in [0.29, 0.717) is 6.54 Å². The monoisotopic (exact) mass is 191 g/mol. The number of rotatable bonds is 2. The Bertz CT molecular complexity index is 172. The molecule has 70 valence electrons. The summed E-state index contributed by atoms with van der Waals surface area (Å²) in [7, 11) is 0. The van der Waals surface area contributed by atoms with Gasteiger partial charge in [-0.3, -0.25) is 4.79 Å². The number of carbonyl (C=O) groups excluding carboxylic acids is 1. The van der Waals surface area contributed by atoms with E-state index < -0.39 is 5.38 Å². The van der Waals surface area contributed by atoms with Crippen LogP contribution in [0.1, 0.15) is 13.3 Å². The first-order valence-electron chi connectivity index (χ1n) is 4.19. The molecule has 1 saturated heterocycles. The van der Waals surface area contributed by atoms with Crippen LogP contribution >= 0.6 is 11.6 Å². The fraction of sp³-hybridized carbons (Fsp3) is 0.875. The van der Waals surface area contributed by atoms with Gasteiger partial charge in [-0.2, -0.15) is 0 Å². The van der Waals surface area contributed by atoms with Crippen LogP contribution in [0.15, 0.2) is 0 Å². The van der Waals surface area contributed by atoms with Gasteiger partial charge in [-0.25, -0.2) is 0 Å². The van der Waals surface area contributed by atoms with Crippen LogP contribution in [0.5, 0.6) is 0 Å². The molecule has 1 N–H and O–H groups in total. The third kappa shape index (κ3) is 2.11. The SMILES string of the molecule is C[C@H](Cl)C(=O)N1CC[C@H](CO)C1. The standard InChI is InChI=1S/C8H14ClNO2/c1-6(9)8(12)10-3-2-7(4-10)5-11/h6-7,11H,2-5H2,1H3/t6-,7-/m0/s1. The molecule has 0 aliphatic carbocycles. The number of amides is 1. The second-order valence-corrected chi connectivity index (χ2v) is 3.89. The Morgan fingerprint density at radius 1 is 1.83 bits per heavy atom. The summed E-state index contributed by atoms with van der Waals surface area (Å²) < 4.78 is 0. The van der Waals surface area contributed by atoms with Crippen molar-refractivity contribution < 1.29 is 9.90 Å². The molecule has 1 rings (SSSR count). The molecule has 0 aromatic rings. The molecule has 1 aliphatic rings. The van der Waals surface area contributed by atoms with Gasteiger partial charge in [-0.15, -0.1) is 11.6 Å². The van der Waals surface area contributed by atoms with Crippen LogP contribution in [0.25, 0.3) is 0 Å². The lowest BCUT2D eigenvalue weighted by molar-refractivity contribution is -0.129. The summed E-state index contributed by atoms with van der Waals surface area (Å²) in [6, 6.07) is 0. The number of alkyl halides is 1. The van der Waals surface area contributed by atoms with Crippen LogP contribution in [-0.4, -0.2) is 41.0 Å². The van der Waals surface area contributed by atoms with E-state index in [1.54, 1.807) is 11.8 Å². The lowest BCUT2D eigenvalue weighted by Crippen LogP contribution is -2.34. The molecule has 0 aromatic carbocycles. The van der Waals surface area contributed by atoms with Gasteiger partial charge in [0.15, 0.2) is 0 Å². The van der Waals surface area contributed by atoms with Crippen LogP contribution in [-0.2, 0) is 4.79 Å². The smallest absolute Gasteiger partial charge is 0.240 e. The summed E-state index contributed by atoms with van der Waals surface area (Å²) >= 11 is 5.65. The van der Waals surface area contributed by atoms with Crippen molar-refractivity contribution in [3.05, 3.63) is 0 Å². The molecular weight excluding hydrogens is 178 g/mol. The maximum Gasteiger partial charge on any atom is 0.240 e. The topological polar surface area (TPSA) is 40.5 Å². The first kappa shape index (κ1) is 9.81. The highest BCUT2D eigenvalue weighted by atomic mass is 35.5. The third-order valence-electron chi connectivity index (χ3n) is 2.20. The van der Waals surface area contributed by atoms with Gasteiger partial charge < -0.3 is 10.0 Å². The quantitative estimate of drug-likeness (QED) is 0.645. The van der Waals surface area contributed by atoms with Crippen LogP contribution < -0.4 is 0 Å². The molecule has 1 aliphatic heterocycles. The fourth-order valence-electron chi connectivity index (χ4n) is 1.43. The lowest BCUT2D eigenvalue weighted by atomic mass is 10.1. The lowest BCUT2D eigenvalue weighted by Gasteiger charge is -2.17. The summed E-state index contributed by atoms with van der Waals surface area (Å²) in [5.74, 6) is 0.233. The maximum absolute atomic E-state index is 11.3. The van der Waals surface area contributed by atoms with Gasteiger partial charge in [0.05, 0.1) is 0 Å². The third-order valence-corrected chi connectivity index (χ3v) is 2.38. The Hall–Kier alpha value is -0.280. The molecule has 2 atom stereocenters. The number of aliphatic hydroxyl groups excluding tert-OH is 1. The molecular formula is C8H14ClNO2. The number of nitrogens with zero attached hydrogens (tertiary/aromatic N) is 1. The average Bonchev–Trinajstić information content (AvgIpc) is 2.50. The van der Waals surface area contributed by atoms with Crippen LogP contribution in [0, 0.1) is 5.92 Å². The van der Waals surface area contributed by atoms with E-state index in [-0.39, 0.29) is 18.4 Å². The first-order valence-corrected chi connectivity index (χ1v) is 4.62. The molecule has 1 fully saturated rings. The number of hydrogen-bond acceptors (Lipinski definition) is 2. The summed E-state index contributed by atoms with van der Waals surface area (Å²) in [5.41, 5.74) is 0. The van der Waals surface area contributed by atoms with Crippen molar-refractivity contribution in [2.45, 2.75) is 18.7 Å². The van der Waals surface area contributed by atoms with E-state index in [1.165, 1.54) is 0 Å². The minimum absolute atomic E-state index is 0.0207. The zero-order chi connectivity index (χ0) is 9.14. The minimum Gasteiger partial charge on any atom is -0.396 e. The van der Waals surface area contributed by atoms with Gasteiger partial charge in [0, 0.05) is 25.6 Å². The Labute approximate surface area is 77.3 Å². The van der Waals surface area contributed by atoms with Crippen molar-refractivity contribution in [3.63, 3.8) is 0 Å². The van der Waals surface area contributed by atoms with Gasteiger partial charge >= 0.3 is 0 Å². The average molecular weight is 192 g/mol. The van der Waals surface area contributed by atoms with Gasteiger partial charge in [-0.1, -0.05) is 0 Å². The summed E-state index contributed by atoms with van der Waals surface area (Å²) in [6.45, 7) is 3.24. The van der Waals surface area contributed by atoms with Crippen molar-refractivity contribution in [2.75, 3.05) is 19.7 Å². The second kappa shape index (κ2) is 4.10. The summed E-state index contributed by atoms with van der Waals surface area (Å²) in [6.07, 6.45) is 0.895. The van der Waals surface area contributed by atoms with Gasteiger partial charge in [-0.05, 0) is 13.3 Å². The molecule has 1 amide bonds. The van der Waals surface area contributed by atoms with Crippen molar-refractivity contribution in [1.82, 2.24) is 4.90 Å². The Kier molecular flexibility index (Phi) is 3.35. The molecule has 0 spiro atoms. The first-order chi connectivity index (χ1) is 5.65. The van der Waals surface area contributed by atoms with E-state index in [0.717, 1.165) is 13.0 Å². The number of hydrogen-bond donors (Lipinski definition) is 1. The number of carbonyl (C=O) groups is 1. The van der Waals surface area contributed by atoms with Crippen molar-refractivity contribution in [2.24, 2.45) is 5.92 Å². The molecule has 0 bridgehead atoms. The zero-order valence-corrected chi connectivity index (χ0v) is 7.92. The van der Waals surface area contributed by atoms with E-state index >= 15 is 0 Å². The second-order valence-electron chi connectivity index (χ2n) is 3.24. The molecule has 1 heterocycles. The highest BCUT2D eigenvalue weighted by molar-refractivity contribution is 6.30. The van der Waals surface area contributed by atoms with E-state index in [1.807, 2.05) is 0 Å². The van der Waals surface area contributed by atoms with Gasteiger partial charge in [0.1, 0.15) is 5.38 Å². The minimum atomic E-state index is -0.442. The van der Waals surface area contributed by atoms with E-state index in [9.17, 15) is 4.79 Å². The molecule has 4 heteroatoms. The molecule has 0 aromatic heterocycles. The van der Waals surface area contributed by atoms with E-state index in [4.69, 9.17) is 16.7 Å². The molecule has 0 unspecified atom stereocenters. The van der Waals surface area contributed by atoms with Crippen molar-refractivity contribution >= 4 is 17.5 Å². The zero-order valence-electron chi connectivity index (χ0n) is 7.16. The summed E-state index contributed by atoms with van der Waals surface area (Å²) in [5, 5.41) is 8.39. The normalized spacial score (nSPS) is 25.9. The molecule has 12 heavy (non-hydrogen) atoms. The largest absolute Gasteiger partial charge is 0.396 e. The van der Waals surface area contributed by atoms with Gasteiger partial charge in [0.2, 0.25) is 5.91 Å². The van der Waals surface area contributed by atoms with Gasteiger partial charge in [0.25, 0.3) is 0 Å². The summed E-state index contributed by atoms with van der Waals surface area (Å²) in [4.78, 5) is 13.0. The predicted octanol–water partition coefficient (Wildman–Crippen LogP) is 0.455. The molecule has 0 saturated carbocycles. The maximum atomic E-state index is 11.3. The predicted molar refractivity (Wildman–Crippen MR) is 47.1 cm³/mol. The van der Waals surface area contributed by atoms with Crippen LogP contribution in [0.2, 0.25) is 0 Å². The van der Waals surface area contributed by atoms with Crippen LogP contribution in [0.3, 0.4) is 0 Å². The highest BCUT2D eigenvalue weighted by Crippen LogP contribution is 2.17. The Morgan fingerprint density at radius 2 is 2.50 bits per heavy atom. The van der Waals surface area contributed by atoms with Crippen molar-refractivity contribution in [1.29, 1.82) is 0 Å². The number of likely N-dealkylation sites (tertiary alicyclic amines) is 1. The number of aliphatic hydroxyl groups is 1. The fourth-order valence-corrected chi connectivity index (χ4v) is 1.57.